The Morgan fingerprint density at radius 2 is 1.85 bits per heavy atom. The topological polar surface area (TPSA) is 18.5 Å². The van der Waals surface area contributed by atoms with Crippen LogP contribution in [0.25, 0.3) is 0 Å². The van der Waals surface area contributed by atoms with E-state index >= 15 is 0 Å². The van der Waals surface area contributed by atoms with Crippen molar-refractivity contribution in [2.24, 2.45) is 5.41 Å². The second kappa shape index (κ2) is 6.76. The molecule has 0 aromatic rings. The van der Waals surface area contributed by atoms with E-state index in [-0.39, 0.29) is 0 Å². The molecule has 0 radical (unpaired) electrons. The molecule has 2 unspecified atom stereocenters. The van der Waals surface area contributed by atoms with Gasteiger partial charge < -0.3 is 10.2 Å². The summed E-state index contributed by atoms with van der Waals surface area (Å²) in [7, 11) is 4.52. The lowest BCUT2D eigenvalue weighted by Gasteiger charge is -2.48. The van der Waals surface area contributed by atoms with Gasteiger partial charge in [0.2, 0.25) is 0 Å². The summed E-state index contributed by atoms with van der Waals surface area (Å²) in [6.07, 6.45) is 6.71. The van der Waals surface area contributed by atoms with Gasteiger partial charge in [0.05, 0.1) is 0 Å². The lowest BCUT2D eigenvalue weighted by Crippen LogP contribution is -2.57. The maximum absolute atomic E-state index is 3.58. The Morgan fingerprint density at radius 1 is 1.20 bits per heavy atom. The molecule has 0 spiro atoms. The molecular weight excluding hydrogens is 246 g/mol. The zero-order chi connectivity index (χ0) is 14.8. The molecule has 2 rings (SSSR count). The van der Waals surface area contributed by atoms with E-state index in [1.165, 1.54) is 51.7 Å². The molecule has 0 aromatic heterocycles. The first kappa shape index (κ1) is 16.3. The average Bonchev–Trinajstić information content (AvgIpc) is 2.46. The fourth-order valence-corrected chi connectivity index (χ4v) is 4.23. The fourth-order valence-electron chi connectivity index (χ4n) is 4.23. The second-order valence-electron chi connectivity index (χ2n) is 7.70. The van der Waals surface area contributed by atoms with Crippen molar-refractivity contribution in [3.8, 4) is 0 Å². The summed E-state index contributed by atoms with van der Waals surface area (Å²) >= 11 is 0. The van der Waals surface area contributed by atoms with Crippen molar-refractivity contribution in [3.05, 3.63) is 0 Å². The quantitative estimate of drug-likeness (QED) is 0.854. The Balaban J connectivity index is 1.97. The molecule has 3 heteroatoms. The molecule has 0 bridgehead atoms. The molecule has 1 saturated carbocycles. The Hall–Kier alpha value is -0.120. The van der Waals surface area contributed by atoms with Gasteiger partial charge in [0, 0.05) is 18.1 Å². The Bertz CT molecular complexity index is 295. The first-order valence-electron chi connectivity index (χ1n) is 8.58. The third kappa shape index (κ3) is 3.75. The predicted molar refractivity (Wildman–Crippen MR) is 87.2 cm³/mol. The third-order valence-electron chi connectivity index (χ3n) is 5.83. The van der Waals surface area contributed by atoms with E-state index in [2.05, 4.69) is 50.0 Å². The van der Waals surface area contributed by atoms with E-state index in [0.717, 1.165) is 6.04 Å². The van der Waals surface area contributed by atoms with Gasteiger partial charge in [-0.25, -0.2) is 0 Å². The van der Waals surface area contributed by atoms with Crippen molar-refractivity contribution in [2.45, 2.75) is 71.0 Å². The maximum Gasteiger partial charge on any atom is 0.0254 e. The first-order valence-corrected chi connectivity index (χ1v) is 8.58. The summed E-state index contributed by atoms with van der Waals surface area (Å²) in [6.45, 7) is 11.0. The smallest absolute Gasteiger partial charge is 0.0254 e. The number of likely N-dealkylation sites (tertiary alicyclic amines) is 1. The van der Waals surface area contributed by atoms with E-state index in [0.29, 0.717) is 17.5 Å². The fraction of sp³-hybridized carbons (Fsp3) is 1.00. The van der Waals surface area contributed by atoms with Gasteiger partial charge in [0.1, 0.15) is 0 Å². The standard InChI is InChI=1S/C17H35N3/c1-6-20-11-8-14(9-12-20)19(5)16-13-17(2,3)10-7-15(16)18-4/h14-16,18H,6-13H2,1-5H3. The molecule has 1 saturated heterocycles. The van der Waals surface area contributed by atoms with Crippen LogP contribution in [0.4, 0.5) is 0 Å². The molecule has 1 heterocycles. The van der Waals surface area contributed by atoms with Crippen molar-refractivity contribution < 1.29 is 0 Å². The molecule has 2 aliphatic rings. The minimum atomic E-state index is 0.510. The number of rotatable bonds is 4. The van der Waals surface area contributed by atoms with E-state index < -0.39 is 0 Å². The highest BCUT2D eigenvalue weighted by atomic mass is 15.2. The minimum absolute atomic E-state index is 0.510. The van der Waals surface area contributed by atoms with Crippen molar-refractivity contribution in [2.75, 3.05) is 33.7 Å². The number of hydrogen-bond acceptors (Lipinski definition) is 3. The molecule has 2 fully saturated rings. The van der Waals surface area contributed by atoms with Crippen LogP contribution in [0.5, 0.6) is 0 Å². The minimum Gasteiger partial charge on any atom is -0.315 e. The summed E-state index contributed by atoms with van der Waals surface area (Å²) in [6, 6.07) is 2.17. The number of nitrogens with zero attached hydrogens (tertiary/aromatic N) is 2. The maximum atomic E-state index is 3.58. The molecule has 1 N–H and O–H groups in total. The molecule has 1 aliphatic heterocycles. The number of nitrogens with one attached hydrogen (secondary N) is 1. The van der Waals surface area contributed by atoms with Crippen LogP contribution in [-0.4, -0.2) is 61.7 Å². The van der Waals surface area contributed by atoms with E-state index in [9.17, 15) is 0 Å². The second-order valence-corrected chi connectivity index (χ2v) is 7.70. The molecule has 3 nitrogen and oxygen atoms in total. The van der Waals surface area contributed by atoms with Gasteiger partial charge in [0.25, 0.3) is 0 Å². The molecule has 0 aromatic carbocycles. The average molecular weight is 281 g/mol. The zero-order valence-electron chi connectivity index (χ0n) is 14.3. The molecule has 20 heavy (non-hydrogen) atoms. The van der Waals surface area contributed by atoms with Gasteiger partial charge in [-0.15, -0.1) is 0 Å². The lowest BCUT2D eigenvalue weighted by molar-refractivity contribution is 0.0333. The van der Waals surface area contributed by atoms with Crippen LogP contribution in [0.1, 0.15) is 52.9 Å². The monoisotopic (exact) mass is 281 g/mol. The van der Waals surface area contributed by atoms with Gasteiger partial charge in [-0.2, -0.15) is 0 Å². The van der Waals surface area contributed by atoms with Crippen molar-refractivity contribution >= 4 is 0 Å². The Kier molecular flexibility index (Phi) is 5.49. The number of likely N-dealkylation sites (N-methyl/N-ethyl adjacent to an activating group) is 2. The van der Waals surface area contributed by atoms with Crippen LogP contribution in [0.15, 0.2) is 0 Å². The van der Waals surface area contributed by atoms with Gasteiger partial charge in [0.15, 0.2) is 0 Å². The van der Waals surface area contributed by atoms with Crippen LogP contribution in [0, 0.1) is 5.41 Å². The normalized spacial score (nSPS) is 32.7. The third-order valence-corrected chi connectivity index (χ3v) is 5.83. The van der Waals surface area contributed by atoms with Crippen molar-refractivity contribution in [1.29, 1.82) is 0 Å². The van der Waals surface area contributed by atoms with Crippen LogP contribution >= 0.6 is 0 Å². The van der Waals surface area contributed by atoms with Crippen molar-refractivity contribution in [3.63, 3.8) is 0 Å². The molecule has 1 aliphatic carbocycles. The van der Waals surface area contributed by atoms with E-state index in [1.807, 2.05) is 0 Å². The summed E-state index contributed by atoms with van der Waals surface area (Å²) in [5, 5.41) is 3.58. The predicted octanol–water partition coefficient (Wildman–Crippen LogP) is 2.57. The SMILES string of the molecule is CCN1CCC(N(C)C2CC(C)(C)CCC2NC)CC1. The van der Waals surface area contributed by atoms with Crippen LogP contribution in [-0.2, 0) is 0 Å². The first-order chi connectivity index (χ1) is 9.46. The summed E-state index contributed by atoms with van der Waals surface area (Å²) in [5.41, 5.74) is 0.510. The van der Waals surface area contributed by atoms with Gasteiger partial charge >= 0.3 is 0 Å². The molecule has 0 amide bonds. The number of hydrogen-bond donors (Lipinski definition) is 1. The van der Waals surface area contributed by atoms with Crippen molar-refractivity contribution in [1.82, 2.24) is 15.1 Å². The molecule has 118 valence electrons. The summed E-state index contributed by atoms with van der Waals surface area (Å²) in [4.78, 5) is 5.31. The van der Waals surface area contributed by atoms with Crippen LogP contribution < -0.4 is 5.32 Å². The Morgan fingerprint density at radius 3 is 2.40 bits per heavy atom. The highest BCUT2D eigenvalue weighted by Gasteiger charge is 2.38. The lowest BCUT2D eigenvalue weighted by atomic mass is 9.72. The highest BCUT2D eigenvalue weighted by molar-refractivity contribution is 4.95. The van der Waals surface area contributed by atoms with Gasteiger partial charge in [-0.3, -0.25) is 4.90 Å². The largest absolute Gasteiger partial charge is 0.315 e. The molecular formula is C17H35N3. The summed E-state index contributed by atoms with van der Waals surface area (Å²) < 4.78 is 0. The highest BCUT2D eigenvalue weighted by Crippen LogP contribution is 2.38. The van der Waals surface area contributed by atoms with E-state index in [1.54, 1.807) is 0 Å². The number of piperidine rings is 1. The zero-order valence-corrected chi connectivity index (χ0v) is 14.3. The van der Waals surface area contributed by atoms with Crippen LogP contribution in [0.2, 0.25) is 0 Å². The van der Waals surface area contributed by atoms with Crippen LogP contribution in [0.3, 0.4) is 0 Å². The van der Waals surface area contributed by atoms with E-state index in [4.69, 9.17) is 0 Å². The molecule has 2 atom stereocenters. The summed E-state index contributed by atoms with van der Waals surface area (Å²) in [5.74, 6) is 0. The van der Waals surface area contributed by atoms with Gasteiger partial charge in [-0.1, -0.05) is 20.8 Å². The Labute approximate surface area is 126 Å². The van der Waals surface area contributed by atoms with Gasteiger partial charge in [-0.05, 0) is 71.2 Å².